The van der Waals surface area contributed by atoms with E-state index in [4.69, 9.17) is 4.74 Å². The molecule has 2 heteroatoms. The molecule has 2 nitrogen and oxygen atoms in total. The van der Waals surface area contributed by atoms with E-state index in [0.717, 1.165) is 44.9 Å². The predicted molar refractivity (Wildman–Crippen MR) is 92.9 cm³/mol. The molecule has 2 aliphatic rings. The largest absolute Gasteiger partial charge is 0.390 e. The lowest BCUT2D eigenvalue weighted by Gasteiger charge is -2.38. The van der Waals surface area contributed by atoms with Crippen LogP contribution in [0.3, 0.4) is 0 Å². The standard InChI is InChI=1S/C20H34O2/c1-15(2)20-12-11-17(4)8-6-7-16(3)9-10-18(21)19(5,22-20)13-14-20/h7,11,15,18,21H,6,8-10,12-14H2,1-5H3/b16-7-,17-11+/t18-,19+,20+/m0/s1. The SMILES string of the molecule is C/C1=C/CC/C(C)=C/C[C@]2(C(C)C)CC[C@@](C)(O2)[C@@H](O)CC1. The van der Waals surface area contributed by atoms with E-state index in [2.05, 4.69) is 46.8 Å². The molecular formula is C20H34O2. The van der Waals surface area contributed by atoms with Gasteiger partial charge in [-0.15, -0.1) is 0 Å². The minimum atomic E-state index is -0.389. The molecule has 1 fully saturated rings. The van der Waals surface area contributed by atoms with Gasteiger partial charge >= 0.3 is 0 Å². The summed E-state index contributed by atoms with van der Waals surface area (Å²) in [6.45, 7) is 11.0. The van der Waals surface area contributed by atoms with E-state index < -0.39 is 0 Å². The third kappa shape index (κ3) is 3.83. The van der Waals surface area contributed by atoms with Crippen molar-refractivity contribution in [2.75, 3.05) is 0 Å². The van der Waals surface area contributed by atoms with Gasteiger partial charge in [-0.05, 0) is 71.6 Å². The van der Waals surface area contributed by atoms with Crippen LogP contribution in [0.25, 0.3) is 0 Å². The Balaban J connectivity index is 2.27. The summed E-state index contributed by atoms with van der Waals surface area (Å²) in [6.07, 6.45) is 11.3. The lowest BCUT2D eigenvalue weighted by Crippen LogP contribution is -2.44. The normalized spacial score (nSPS) is 42.6. The van der Waals surface area contributed by atoms with Crippen LogP contribution in [0.1, 0.15) is 79.6 Å². The highest BCUT2D eigenvalue weighted by Gasteiger charge is 2.50. The molecular weight excluding hydrogens is 272 g/mol. The fourth-order valence-electron chi connectivity index (χ4n) is 3.81. The van der Waals surface area contributed by atoms with Crippen molar-refractivity contribution >= 4 is 0 Å². The molecule has 2 aliphatic heterocycles. The summed E-state index contributed by atoms with van der Waals surface area (Å²) in [4.78, 5) is 0. The zero-order chi connectivity index (χ0) is 16.4. The van der Waals surface area contributed by atoms with Crippen molar-refractivity contribution in [1.29, 1.82) is 0 Å². The van der Waals surface area contributed by atoms with Crippen LogP contribution in [-0.4, -0.2) is 22.4 Å². The molecule has 0 radical (unpaired) electrons. The molecule has 22 heavy (non-hydrogen) atoms. The summed E-state index contributed by atoms with van der Waals surface area (Å²) < 4.78 is 6.59. The Kier molecular flexibility index (Phi) is 5.55. The highest BCUT2D eigenvalue weighted by molar-refractivity contribution is 5.10. The van der Waals surface area contributed by atoms with Gasteiger partial charge in [-0.3, -0.25) is 0 Å². The van der Waals surface area contributed by atoms with Gasteiger partial charge in [-0.1, -0.05) is 37.1 Å². The predicted octanol–water partition coefficient (Wildman–Crippen LogP) is 5.17. The average molecular weight is 306 g/mol. The Labute approximate surface area is 136 Å². The smallest absolute Gasteiger partial charge is 0.0921 e. The minimum absolute atomic E-state index is 0.104. The third-order valence-electron chi connectivity index (χ3n) is 5.88. The van der Waals surface area contributed by atoms with Gasteiger partial charge in [0.15, 0.2) is 0 Å². The number of hydrogen-bond donors (Lipinski definition) is 1. The van der Waals surface area contributed by atoms with Crippen LogP contribution < -0.4 is 0 Å². The van der Waals surface area contributed by atoms with Gasteiger partial charge in [0.1, 0.15) is 0 Å². The Morgan fingerprint density at radius 1 is 1.14 bits per heavy atom. The lowest BCUT2D eigenvalue weighted by molar-refractivity contribution is -0.162. The number of aliphatic hydroxyl groups is 1. The van der Waals surface area contributed by atoms with Crippen molar-refractivity contribution in [3.63, 3.8) is 0 Å². The number of ether oxygens (including phenoxy) is 1. The molecule has 0 amide bonds. The van der Waals surface area contributed by atoms with Crippen molar-refractivity contribution in [3.05, 3.63) is 23.3 Å². The molecule has 3 atom stereocenters. The van der Waals surface area contributed by atoms with E-state index in [1.807, 2.05) is 0 Å². The molecule has 1 N–H and O–H groups in total. The van der Waals surface area contributed by atoms with Gasteiger partial charge < -0.3 is 9.84 Å². The maximum Gasteiger partial charge on any atom is 0.0921 e. The van der Waals surface area contributed by atoms with Crippen LogP contribution in [0.4, 0.5) is 0 Å². The summed E-state index contributed by atoms with van der Waals surface area (Å²) in [5.74, 6) is 0.468. The highest BCUT2D eigenvalue weighted by Crippen LogP contribution is 2.47. The molecule has 0 aliphatic carbocycles. The highest BCUT2D eigenvalue weighted by atomic mass is 16.5. The molecule has 0 aromatic rings. The van der Waals surface area contributed by atoms with E-state index in [0.29, 0.717) is 5.92 Å². The molecule has 0 spiro atoms. The summed E-state index contributed by atoms with van der Waals surface area (Å²) in [5, 5.41) is 10.7. The quantitative estimate of drug-likeness (QED) is 0.677. The summed E-state index contributed by atoms with van der Waals surface area (Å²) in [7, 11) is 0. The van der Waals surface area contributed by atoms with Gasteiger partial charge in [0.25, 0.3) is 0 Å². The van der Waals surface area contributed by atoms with Crippen molar-refractivity contribution in [3.8, 4) is 0 Å². The zero-order valence-electron chi connectivity index (χ0n) is 15.1. The molecule has 0 saturated carbocycles. The first kappa shape index (κ1) is 17.7. The fraction of sp³-hybridized carbons (Fsp3) is 0.800. The van der Waals surface area contributed by atoms with Gasteiger partial charge in [0.05, 0.1) is 17.3 Å². The molecule has 0 aromatic heterocycles. The summed E-state index contributed by atoms with van der Waals surface area (Å²) >= 11 is 0. The maximum atomic E-state index is 10.7. The second-order valence-electron chi connectivity index (χ2n) is 8.03. The monoisotopic (exact) mass is 306 g/mol. The topological polar surface area (TPSA) is 29.5 Å². The summed E-state index contributed by atoms with van der Waals surface area (Å²) in [6, 6.07) is 0. The first-order chi connectivity index (χ1) is 10.3. The van der Waals surface area contributed by atoms with E-state index in [1.165, 1.54) is 11.1 Å². The van der Waals surface area contributed by atoms with Crippen LogP contribution in [0.5, 0.6) is 0 Å². The van der Waals surface area contributed by atoms with E-state index in [9.17, 15) is 5.11 Å². The number of hydrogen-bond acceptors (Lipinski definition) is 2. The van der Waals surface area contributed by atoms with E-state index >= 15 is 0 Å². The first-order valence-corrected chi connectivity index (χ1v) is 8.97. The Hall–Kier alpha value is -0.600. The van der Waals surface area contributed by atoms with Crippen LogP contribution in [0.2, 0.25) is 0 Å². The second-order valence-corrected chi connectivity index (χ2v) is 8.03. The average Bonchev–Trinajstić information content (AvgIpc) is 2.82. The third-order valence-corrected chi connectivity index (χ3v) is 5.88. The van der Waals surface area contributed by atoms with E-state index in [-0.39, 0.29) is 17.3 Å². The Morgan fingerprint density at radius 3 is 2.50 bits per heavy atom. The number of allylic oxidation sites excluding steroid dienone is 3. The zero-order valence-corrected chi connectivity index (χ0v) is 15.1. The van der Waals surface area contributed by atoms with Crippen molar-refractivity contribution in [2.45, 2.75) is 96.9 Å². The van der Waals surface area contributed by atoms with Crippen molar-refractivity contribution in [1.82, 2.24) is 0 Å². The van der Waals surface area contributed by atoms with Crippen LogP contribution in [-0.2, 0) is 4.74 Å². The molecule has 2 heterocycles. The Morgan fingerprint density at radius 2 is 1.82 bits per heavy atom. The van der Waals surface area contributed by atoms with Gasteiger partial charge in [-0.25, -0.2) is 0 Å². The van der Waals surface area contributed by atoms with Gasteiger partial charge in [0.2, 0.25) is 0 Å². The lowest BCUT2D eigenvalue weighted by atomic mass is 9.82. The molecule has 2 rings (SSSR count). The minimum Gasteiger partial charge on any atom is -0.390 e. The number of fused-ring (bicyclic) bond motifs is 2. The molecule has 1 saturated heterocycles. The molecule has 126 valence electrons. The Bertz CT molecular complexity index is 449. The van der Waals surface area contributed by atoms with Crippen LogP contribution in [0, 0.1) is 5.92 Å². The summed E-state index contributed by atoms with van der Waals surface area (Å²) in [5.41, 5.74) is 2.36. The van der Waals surface area contributed by atoms with Crippen molar-refractivity contribution < 1.29 is 9.84 Å². The fourth-order valence-corrected chi connectivity index (χ4v) is 3.81. The van der Waals surface area contributed by atoms with Gasteiger partial charge in [-0.2, -0.15) is 0 Å². The molecule has 0 aromatic carbocycles. The van der Waals surface area contributed by atoms with E-state index in [1.54, 1.807) is 0 Å². The first-order valence-electron chi connectivity index (χ1n) is 8.97. The maximum absolute atomic E-state index is 10.7. The molecule has 0 unspecified atom stereocenters. The van der Waals surface area contributed by atoms with Crippen LogP contribution in [0.15, 0.2) is 23.3 Å². The second kappa shape index (κ2) is 6.88. The number of aliphatic hydroxyl groups excluding tert-OH is 1. The van der Waals surface area contributed by atoms with Crippen LogP contribution >= 0.6 is 0 Å². The van der Waals surface area contributed by atoms with Crippen molar-refractivity contribution in [2.24, 2.45) is 5.92 Å². The van der Waals surface area contributed by atoms with Gasteiger partial charge in [0, 0.05) is 0 Å². The number of rotatable bonds is 1. The molecule has 2 bridgehead atoms.